The van der Waals surface area contributed by atoms with Gasteiger partial charge in [-0.05, 0) is 49.7 Å². The maximum absolute atomic E-state index is 12.5. The second-order valence-corrected chi connectivity index (χ2v) is 9.25. The van der Waals surface area contributed by atoms with Crippen molar-refractivity contribution >= 4 is 14.8 Å². The number of fused-ring (bicyclic) bond motifs is 1. The Kier molecular flexibility index (Phi) is 9.38. The Hall–Kier alpha value is -1.63. The van der Waals surface area contributed by atoms with Crippen molar-refractivity contribution < 1.29 is 27.2 Å². The normalized spacial score (nSPS) is 23.7. The lowest BCUT2D eigenvalue weighted by Gasteiger charge is -2.17. The molecule has 0 bridgehead atoms. The van der Waals surface area contributed by atoms with Crippen molar-refractivity contribution in [2.75, 3.05) is 33.9 Å². The number of alkyl halides is 2. The monoisotopic (exact) mass is 472 g/mol. The van der Waals surface area contributed by atoms with Gasteiger partial charge in [-0.2, -0.15) is 8.78 Å². The van der Waals surface area contributed by atoms with Gasteiger partial charge < -0.3 is 14.2 Å². The summed E-state index contributed by atoms with van der Waals surface area (Å²) in [6.45, 7) is -0.671. The van der Waals surface area contributed by atoms with Crippen LogP contribution < -0.4 is 4.74 Å². The van der Waals surface area contributed by atoms with Crippen molar-refractivity contribution in [3.8, 4) is 5.75 Å². The van der Waals surface area contributed by atoms with Crippen molar-refractivity contribution in [1.82, 2.24) is 4.67 Å². The van der Waals surface area contributed by atoms with Gasteiger partial charge >= 0.3 is 6.61 Å². The van der Waals surface area contributed by atoms with Crippen LogP contribution in [0.1, 0.15) is 37.7 Å². The molecule has 1 saturated heterocycles. The SMILES string of the molecule is COC/C(C(=N)c1ccccc1OC(F)F)=C(/OC)C1CC1.FPN1C[C@H]2CCC[C@H]2C1. The fraction of sp³-hybridized carbons (Fsp3) is 0.609. The van der Waals surface area contributed by atoms with Gasteiger partial charge in [-0.1, -0.05) is 18.6 Å². The third-order valence-electron chi connectivity index (χ3n) is 6.27. The minimum Gasteiger partial charge on any atom is -0.500 e. The minimum atomic E-state index is -2.94. The zero-order valence-electron chi connectivity index (χ0n) is 18.6. The summed E-state index contributed by atoms with van der Waals surface area (Å²) in [4.78, 5) is 0. The predicted molar refractivity (Wildman–Crippen MR) is 120 cm³/mol. The van der Waals surface area contributed by atoms with Gasteiger partial charge in [0.2, 0.25) is 0 Å². The van der Waals surface area contributed by atoms with Gasteiger partial charge in [-0.15, -0.1) is 0 Å². The molecule has 5 nitrogen and oxygen atoms in total. The molecule has 178 valence electrons. The summed E-state index contributed by atoms with van der Waals surface area (Å²) in [5.41, 5.74) is 0.949. The van der Waals surface area contributed by atoms with Crippen LogP contribution in [0.25, 0.3) is 0 Å². The summed E-state index contributed by atoms with van der Waals surface area (Å²) in [5.74, 6) is 2.64. The van der Waals surface area contributed by atoms with Crippen LogP contribution in [0.2, 0.25) is 0 Å². The van der Waals surface area contributed by atoms with Gasteiger partial charge in [-0.25, -0.2) is 4.20 Å². The van der Waals surface area contributed by atoms with Crippen LogP contribution in [0.4, 0.5) is 13.0 Å². The molecular weight excluding hydrogens is 440 g/mol. The standard InChI is InChI=1S/C16H19F2NO3.C7H13FNP/c1-20-9-12(15(21-2)10-7-8-10)14(19)11-5-3-4-6-13(11)22-16(17)18;8-10-9-4-6-2-1-3-7(6)5-9/h3-6,10,16,19H,7-9H2,1-2H3;6-7,10H,1-5H2/b15-12-,19-14?;/t;6-,7+. The molecule has 0 amide bonds. The number of halogens is 3. The Morgan fingerprint density at radius 2 is 1.78 bits per heavy atom. The second-order valence-electron chi connectivity index (χ2n) is 8.44. The lowest BCUT2D eigenvalue weighted by molar-refractivity contribution is -0.0499. The van der Waals surface area contributed by atoms with Gasteiger partial charge in [0.15, 0.2) is 0 Å². The van der Waals surface area contributed by atoms with Crippen LogP contribution in [-0.4, -0.2) is 50.9 Å². The van der Waals surface area contributed by atoms with Crippen LogP contribution in [0, 0.1) is 23.2 Å². The molecule has 0 radical (unpaired) electrons. The molecule has 1 aliphatic heterocycles. The summed E-state index contributed by atoms with van der Waals surface area (Å²) in [7, 11) is 2.63. The highest BCUT2D eigenvalue weighted by atomic mass is 31.1. The highest BCUT2D eigenvalue weighted by Crippen LogP contribution is 2.42. The van der Waals surface area contributed by atoms with Crippen LogP contribution in [0.5, 0.6) is 5.75 Å². The third-order valence-corrected chi connectivity index (χ3v) is 6.88. The first kappa shape index (κ1) is 25.0. The van der Waals surface area contributed by atoms with Crippen molar-refractivity contribution in [1.29, 1.82) is 5.41 Å². The number of allylic oxidation sites excluding steroid dienone is 1. The Labute approximate surface area is 189 Å². The first-order valence-electron chi connectivity index (χ1n) is 11.0. The number of methoxy groups -OCH3 is 2. The molecule has 1 N–H and O–H groups in total. The lowest BCUT2D eigenvalue weighted by Crippen LogP contribution is -2.16. The van der Waals surface area contributed by atoms with E-state index in [4.69, 9.17) is 14.9 Å². The average Bonchev–Trinajstić information content (AvgIpc) is 3.38. The average molecular weight is 472 g/mol. The van der Waals surface area contributed by atoms with E-state index in [-0.39, 0.29) is 24.0 Å². The molecule has 0 aromatic heterocycles. The van der Waals surface area contributed by atoms with E-state index in [2.05, 4.69) is 4.74 Å². The summed E-state index contributed by atoms with van der Waals surface area (Å²) in [6.07, 6.45) is 6.09. The molecule has 3 atom stereocenters. The smallest absolute Gasteiger partial charge is 0.387 e. The van der Waals surface area contributed by atoms with Crippen molar-refractivity contribution in [2.45, 2.75) is 38.7 Å². The highest BCUT2D eigenvalue weighted by Gasteiger charge is 2.36. The van der Waals surface area contributed by atoms with Crippen LogP contribution in [0.15, 0.2) is 35.6 Å². The molecule has 3 aliphatic rings. The van der Waals surface area contributed by atoms with E-state index in [0.717, 1.165) is 37.8 Å². The van der Waals surface area contributed by atoms with E-state index in [9.17, 15) is 13.0 Å². The Bertz CT molecular complexity index is 792. The van der Waals surface area contributed by atoms with E-state index in [1.54, 1.807) is 25.3 Å². The number of hydrogen-bond donors (Lipinski definition) is 1. The molecule has 3 fully saturated rings. The van der Waals surface area contributed by atoms with Crippen molar-refractivity contribution in [3.05, 3.63) is 41.2 Å². The molecule has 9 heteroatoms. The maximum atomic E-state index is 12.5. The Balaban J connectivity index is 0.000000238. The molecule has 32 heavy (non-hydrogen) atoms. The number of ether oxygens (including phenoxy) is 3. The topological polar surface area (TPSA) is 54.8 Å². The molecule has 1 aromatic rings. The first-order valence-corrected chi connectivity index (χ1v) is 11.8. The maximum Gasteiger partial charge on any atom is 0.387 e. The quantitative estimate of drug-likeness (QED) is 0.280. The molecule has 2 saturated carbocycles. The molecule has 2 aliphatic carbocycles. The zero-order valence-corrected chi connectivity index (χ0v) is 19.6. The van der Waals surface area contributed by atoms with E-state index < -0.39 is 15.7 Å². The van der Waals surface area contributed by atoms with Crippen LogP contribution in [-0.2, 0) is 9.47 Å². The second kappa shape index (κ2) is 12.0. The summed E-state index contributed by atoms with van der Waals surface area (Å²) in [5, 5.41) is 8.39. The molecule has 4 rings (SSSR count). The highest BCUT2D eigenvalue weighted by molar-refractivity contribution is 7.28. The molecule has 1 aromatic carbocycles. The van der Waals surface area contributed by atoms with Crippen molar-refractivity contribution in [2.24, 2.45) is 17.8 Å². The number of nitrogens with zero attached hydrogens (tertiary/aromatic N) is 1. The number of nitrogens with one attached hydrogen (secondary N) is 1. The molecule has 1 unspecified atom stereocenters. The van der Waals surface area contributed by atoms with Crippen LogP contribution in [0.3, 0.4) is 0 Å². The predicted octanol–water partition coefficient (Wildman–Crippen LogP) is 5.81. The molecule has 1 heterocycles. The fourth-order valence-corrected chi connectivity index (χ4v) is 5.24. The summed E-state index contributed by atoms with van der Waals surface area (Å²) < 4.78 is 54.3. The number of benzene rings is 1. The molecular formula is C23H32F3N2O3P. The summed E-state index contributed by atoms with van der Waals surface area (Å²) >= 11 is 0. The zero-order chi connectivity index (χ0) is 23.1. The third kappa shape index (κ3) is 6.46. The summed E-state index contributed by atoms with van der Waals surface area (Å²) in [6, 6.07) is 6.27. The van der Waals surface area contributed by atoms with Gasteiger partial charge in [0.25, 0.3) is 0 Å². The number of hydrogen-bond acceptors (Lipinski definition) is 5. The van der Waals surface area contributed by atoms with E-state index in [1.165, 1.54) is 32.4 Å². The Morgan fingerprint density at radius 3 is 2.31 bits per heavy atom. The van der Waals surface area contributed by atoms with Gasteiger partial charge in [0, 0.05) is 37.3 Å². The van der Waals surface area contributed by atoms with Gasteiger partial charge in [-0.3, -0.25) is 10.1 Å². The van der Waals surface area contributed by atoms with Gasteiger partial charge in [0.1, 0.15) is 20.6 Å². The van der Waals surface area contributed by atoms with E-state index in [1.807, 2.05) is 4.67 Å². The fourth-order valence-electron chi connectivity index (χ4n) is 4.63. The minimum absolute atomic E-state index is 0.0256. The lowest BCUT2D eigenvalue weighted by atomic mass is 9.99. The largest absolute Gasteiger partial charge is 0.500 e. The molecule has 0 spiro atoms. The van der Waals surface area contributed by atoms with Gasteiger partial charge in [0.05, 0.1) is 19.4 Å². The van der Waals surface area contributed by atoms with E-state index in [0.29, 0.717) is 16.9 Å². The Morgan fingerprint density at radius 1 is 1.12 bits per heavy atom. The van der Waals surface area contributed by atoms with Crippen LogP contribution >= 0.6 is 9.04 Å². The van der Waals surface area contributed by atoms with E-state index >= 15 is 0 Å². The van der Waals surface area contributed by atoms with Crippen molar-refractivity contribution in [3.63, 3.8) is 0 Å². The number of para-hydroxylation sites is 1. The first-order chi connectivity index (χ1) is 15.5. The number of rotatable bonds is 9.